The van der Waals surface area contributed by atoms with Crippen molar-refractivity contribution in [3.63, 3.8) is 0 Å². The predicted molar refractivity (Wildman–Crippen MR) is 106 cm³/mol. The lowest BCUT2D eigenvalue weighted by Gasteiger charge is -2.11. The second-order valence-corrected chi connectivity index (χ2v) is 6.47. The van der Waals surface area contributed by atoms with Crippen LogP contribution in [0.5, 0.6) is 0 Å². The minimum absolute atomic E-state index is 0.140. The Morgan fingerprint density at radius 1 is 1.00 bits per heavy atom. The number of esters is 1. The normalized spacial score (nSPS) is 10.8. The molecular weight excluding hydrogens is 379 g/mol. The number of carbonyl (C=O) groups excluding carboxylic acids is 1. The van der Waals surface area contributed by atoms with Crippen molar-refractivity contribution in [2.45, 2.75) is 6.61 Å². The molecule has 4 nitrogen and oxygen atoms in total. The molecule has 0 atom stereocenters. The maximum Gasteiger partial charge on any atom is 0.339 e. The summed E-state index contributed by atoms with van der Waals surface area (Å²) in [5, 5.41) is 0.855. The largest absolute Gasteiger partial charge is 0.457 e. The molecule has 0 aliphatic heterocycles. The van der Waals surface area contributed by atoms with Crippen molar-refractivity contribution in [3.05, 3.63) is 94.9 Å². The molecule has 4 rings (SSSR count). The summed E-state index contributed by atoms with van der Waals surface area (Å²) in [6.07, 6.45) is 1.66. The molecule has 0 radical (unpaired) electrons. The van der Waals surface area contributed by atoms with Gasteiger partial charge < -0.3 is 4.74 Å². The molecule has 0 amide bonds. The van der Waals surface area contributed by atoms with E-state index in [-0.39, 0.29) is 17.2 Å². The third-order valence-corrected chi connectivity index (χ3v) is 4.63. The van der Waals surface area contributed by atoms with Crippen molar-refractivity contribution >= 4 is 28.5 Å². The molecule has 2 aromatic carbocycles. The summed E-state index contributed by atoms with van der Waals surface area (Å²) in [6.45, 7) is -0.264. The van der Waals surface area contributed by atoms with Gasteiger partial charge in [-0.25, -0.2) is 14.2 Å². The highest BCUT2D eigenvalue weighted by Crippen LogP contribution is 2.25. The zero-order chi connectivity index (χ0) is 19.5. The van der Waals surface area contributed by atoms with Gasteiger partial charge in [-0.15, -0.1) is 0 Å². The molecule has 0 aliphatic carbocycles. The zero-order valence-corrected chi connectivity index (χ0v) is 15.4. The number of pyridine rings is 2. The van der Waals surface area contributed by atoms with Gasteiger partial charge >= 0.3 is 5.97 Å². The molecule has 0 bridgehead atoms. The third kappa shape index (κ3) is 3.57. The minimum atomic E-state index is -0.588. The summed E-state index contributed by atoms with van der Waals surface area (Å²) in [5.41, 5.74) is 2.30. The molecule has 0 N–H and O–H groups in total. The van der Waals surface area contributed by atoms with Gasteiger partial charge in [-0.05, 0) is 36.4 Å². The van der Waals surface area contributed by atoms with Gasteiger partial charge in [-0.3, -0.25) is 4.98 Å². The number of hydrogen-bond acceptors (Lipinski definition) is 4. The van der Waals surface area contributed by atoms with Crippen LogP contribution in [0, 0.1) is 5.82 Å². The highest BCUT2D eigenvalue weighted by Gasteiger charge is 2.17. The van der Waals surface area contributed by atoms with E-state index in [1.54, 1.807) is 30.5 Å². The first kappa shape index (κ1) is 18.1. The number of rotatable bonds is 4. The topological polar surface area (TPSA) is 52.1 Å². The molecule has 6 heteroatoms. The number of fused-ring (bicyclic) bond motifs is 1. The van der Waals surface area contributed by atoms with Gasteiger partial charge in [0.15, 0.2) is 0 Å². The van der Waals surface area contributed by atoms with E-state index < -0.39 is 11.8 Å². The molecular formula is C22H14ClFN2O2. The van der Waals surface area contributed by atoms with E-state index in [1.807, 2.05) is 30.3 Å². The first-order chi connectivity index (χ1) is 13.6. The van der Waals surface area contributed by atoms with Crippen molar-refractivity contribution in [2.24, 2.45) is 0 Å². The first-order valence-electron chi connectivity index (χ1n) is 8.54. The van der Waals surface area contributed by atoms with Crippen molar-refractivity contribution in [2.75, 3.05) is 0 Å². The van der Waals surface area contributed by atoms with Crippen molar-refractivity contribution in [3.8, 4) is 11.4 Å². The molecule has 0 fully saturated rings. The number of carbonyl (C=O) groups is 1. The standard InChI is InChI=1S/C22H14ClFN2O2/c23-17-7-5-8-18(24)16(17)13-28-22(27)15-12-21(20-10-3-4-11-25-20)26-19-9-2-1-6-14(15)19/h1-12H,13H2. The van der Waals surface area contributed by atoms with E-state index >= 15 is 0 Å². The maximum atomic E-state index is 13.9. The summed E-state index contributed by atoms with van der Waals surface area (Å²) >= 11 is 6.01. The molecule has 2 heterocycles. The van der Waals surface area contributed by atoms with Crippen molar-refractivity contribution in [1.82, 2.24) is 9.97 Å². The Bertz CT molecular complexity index is 1150. The van der Waals surface area contributed by atoms with Gasteiger partial charge in [-0.2, -0.15) is 0 Å². The molecule has 0 unspecified atom stereocenters. The Balaban J connectivity index is 1.71. The van der Waals surface area contributed by atoms with Crippen LogP contribution in [-0.4, -0.2) is 15.9 Å². The van der Waals surface area contributed by atoms with E-state index in [9.17, 15) is 9.18 Å². The highest BCUT2D eigenvalue weighted by atomic mass is 35.5. The Hall–Kier alpha value is -3.31. The van der Waals surface area contributed by atoms with Gasteiger partial charge in [0.25, 0.3) is 0 Å². The predicted octanol–water partition coefficient (Wildman–Crippen LogP) is 5.45. The molecule has 0 aliphatic rings. The number of hydrogen-bond donors (Lipinski definition) is 0. The Labute approximate surface area is 165 Å². The number of nitrogens with zero attached hydrogens (tertiary/aromatic N) is 2. The van der Waals surface area contributed by atoms with E-state index in [2.05, 4.69) is 9.97 Å². The van der Waals surface area contributed by atoms with Gasteiger partial charge in [0.2, 0.25) is 0 Å². The van der Waals surface area contributed by atoms with E-state index in [0.29, 0.717) is 27.9 Å². The molecule has 0 saturated carbocycles. The summed E-state index contributed by atoms with van der Waals surface area (Å²) in [6, 6.07) is 18.7. The van der Waals surface area contributed by atoms with Gasteiger partial charge in [-0.1, -0.05) is 41.9 Å². The van der Waals surface area contributed by atoms with Crippen molar-refractivity contribution in [1.29, 1.82) is 0 Å². The van der Waals surface area contributed by atoms with Gasteiger partial charge in [0.1, 0.15) is 12.4 Å². The number of aromatic nitrogens is 2. The van der Waals surface area contributed by atoms with Crippen LogP contribution < -0.4 is 0 Å². The molecule has 138 valence electrons. The number of halogens is 2. The lowest BCUT2D eigenvalue weighted by Crippen LogP contribution is -2.08. The Kier molecular flexibility index (Phi) is 5.00. The number of ether oxygens (including phenoxy) is 1. The van der Waals surface area contributed by atoms with Crippen LogP contribution in [-0.2, 0) is 11.3 Å². The summed E-state index contributed by atoms with van der Waals surface area (Å²) in [4.78, 5) is 21.7. The number of para-hydroxylation sites is 1. The molecule has 28 heavy (non-hydrogen) atoms. The lowest BCUT2D eigenvalue weighted by molar-refractivity contribution is 0.0471. The summed E-state index contributed by atoms with van der Waals surface area (Å²) < 4.78 is 19.3. The Morgan fingerprint density at radius 3 is 2.61 bits per heavy atom. The van der Waals surface area contributed by atoms with Crippen LogP contribution in [0.1, 0.15) is 15.9 Å². The van der Waals surface area contributed by atoms with Crippen LogP contribution >= 0.6 is 11.6 Å². The van der Waals surface area contributed by atoms with Gasteiger partial charge in [0, 0.05) is 17.1 Å². The quantitative estimate of drug-likeness (QED) is 0.433. The SMILES string of the molecule is O=C(OCc1c(F)cccc1Cl)c1cc(-c2ccccn2)nc2ccccc12. The molecule has 0 saturated heterocycles. The average molecular weight is 393 g/mol. The molecule has 2 aromatic heterocycles. The van der Waals surface area contributed by atoms with E-state index in [4.69, 9.17) is 16.3 Å². The third-order valence-electron chi connectivity index (χ3n) is 4.27. The molecule has 4 aromatic rings. The monoisotopic (exact) mass is 392 g/mol. The summed E-state index contributed by atoms with van der Waals surface area (Å²) in [7, 11) is 0. The zero-order valence-electron chi connectivity index (χ0n) is 14.6. The minimum Gasteiger partial charge on any atom is -0.457 e. The molecule has 0 spiro atoms. The van der Waals surface area contributed by atoms with E-state index in [1.165, 1.54) is 12.1 Å². The van der Waals surface area contributed by atoms with Crippen molar-refractivity contribution < 1.29 is 13.9 Å². The fourth-order valence-corrected chi connectivity index (χ4v) is 3.09. The fraction of sp³-hybridized carbons (Fsp3) is 0.0455. The lowest BCUT2D eigenvalue weighted by atomic mass is 10.1. The van der Waals surface area contributed by atoms with E-state index in [0.717, 1.165) is 0 Å². The first-order valence-corrected chi connectivity index (χ1v) is 8.92. The average Bonchev–Trinajstić information content (AvgIpc) is 2.73. The maximum absolute atomic E-state index is 13.9. The smallest absolute Gasteiger partial charge is 0.339 e. The second-order valence-electron chi connectivity index (χ2n) is 6.06. The highest BCUT2D eigenvalue weighted by molar-refractivity contribution is 6.31. The van der Waals surface area contributed by atoms with Crippen LogP contribution in [0.4, 0.5) is 4.39 Å². The van der Waals surface area contributed by atoms with Gasteiger partial charge in [0.05, 0.1) is 27.5 Å². The summed E-state index contributed by atoms with van der Waals surface area (Å²) in [5.74, 6) is -1.11. The fourth-order valence-electron chi connectivity index (χ4n) is 2.88. The number of benzene rings is 2. The van der Waals surface area contributed by atoms with Crippen LogP contribution in [0.3, 0.4) is 0 Å². The van der Waals surface area contributed by atoms with Crippen LogP contribution in [0.2, 0.25) is 5.02 Å². The second kappa shape index (κ2) is 7.74. The van der Waals surface area contributed by atoms with Crippen LogP contribution in [0.25, 0.3) is 22.3 Å². The van der Waals surface area contributed by atoms with Crippen LogP contribution in [0.15, 0.2) is 72.9 Å². The Morgan fingerprint density at radius 2 is 1.82 bits per heavy atom.